The van der Waals surface area contributed by atoms with Crippen molar-refractivity contribution < 1.29 is 14.4 Å². The Balaban J connectivity index is 1.80. The zero-order valence-electron chi connectivity index (χ0n) is 10.6. The molecule has 0 radical (unpaired) electrons. The molecular weight excluding hydrogens is 266 g/mol. The van der Waals surface area contributed by atoms with Crippen LogP contribution in [0.1, 0.15) is 41.7 Å². The van der Waals surface area contributed by atoms with Crippen molar-refractivity contribution in [2.24, 2.45) is 0 Å². The van der Waals surface area contributed by atoms with Crippen molar-refractivity contribution in [2.75, 3.05) is 0 Å². The number of carboxylic acid groups (broad SMARTS) is 1. The molecule has 0 spiro atoms. The summed E-state index contributed by atoms with van der Waals surface area (Å²) in [4.78, 5) is 19.0. The molecule has 2 rings (SSSR count). The van der Waals surface area contributed by atoms with Gasteiger partial charge in [-0.05, 0) is 19.8 Å². The topological polar surface area (TPSA) is 89.1 Å². The van der Waals surface area contributed by atoms with Gasteiger partial charge in [-0.25, -0.2) is 4.98 Å². The number of carbonyl (C=O) groups is 1. The summed E-state index contributed by atoms with van der Waals surface area (Å²) in [5.74, 6) is 0.418. The van der Waals surface area contributed by atoms with E-state index in [-0.39, 0.29) is 6.42 Å². The molecule has 2 aromatic heterocycles. The average molecular weight is 281 g/mol. The van der Waals surface area contributed by atoms with E-state index in [1.807, 2.05) is 12.3 Å². The molecule has 0 aliphatic heterocycles. The van der Waals surface area contributed by atoms with Gasteiger partial charge in [-0.3, -0.25) is 4.79 Å². The first-order valence-electron chi connectivity index (χ1n) is 6.08. The van der Waals surface area contributed by atoms with Gasteiger partial charge < -0.3 is 9.63 Å². The van der Waals surface area contributed by atoms with E-state index < -0.39 is 5.97 Å². The second kappa shape index (κ2) is 6.42. The van der Waals surface area contributed by atoms with Crippen molar-refractivity contribution in [1.82, 2.24) is 15.1 Å². The van der Waals surface area contributed by atoms with Crippen LogP contribution in [0.5, 0.6) is 0 Å². The van der Waals surface area contributed by atoms with Crippen LogP contribution in [0.4, 0.5) is 0 Å². The van der Waals surface area contributed by atoms with E-state index in [9.17, 15) is 4.79 Å². The van der Waals surface area contributed by atoms with Crippen molar-refractivity contribution in [2.45, 2.75) is 39.0 Å². The molecule has 0 aromatic carbocycles. The Bertz CT molecular complexity index is 550. The van der Waals surface area contributed by atoms with Crippen LogP contribution in [-0.2, 0) is 17.6 Å². The van der Waals surface area contributed by atoms with Gasteiger partial charge in [0.1, 0.15) is 5.01 Å². The standard InChI is InChI=1S/C12H15N3O3S/c1-8-7-19-11(13-8)6-9-14-10(18-15-9)4-2-3-5-12(16)17/h7H,2-6H2,1H3,(H,16,17). The van der Waals surface area contributed by atoms with Crippen molar-refractivity contribution in [3.8, 4) is 0 Å². The Hall–Kier alpha value is -1.76. The summed E-state index contributed by atoms with van der Waals surface area (Å²) >= 11 is 1.58. The Morgan fingerprint density at radius 1 is 1.42 bits per heavy atom. The first-order valence-corrected chi connectivity index (χ1v) is 6.95. The highest BCUT2D eigenvalue weighted by Gasteiger charge is 2.09. The van der Waals surface area contributed by atoms with Crippen LogP contribution in [0.25, 0.3) is 0 Å². The highest BCUT2D eigenvalue weighted by molar-refractivity contribution is 7.09. The minimum atomic E-state index is -0.773. The molecule has 0 fully saturated rings. The van der Waals surface area contributed by atoms with Gasteiger partial charge in [0.2, 0.25) is 5.89 Å². The third kappa shape index (κ3) is 4.44. The average Bonchev–Trinajstić information content (AvgIpc) is 2.95. The van der Waals surface area contributed by atoms with Crippen LogP contribution >= 0.6 is 11.3 Å². The number of aromatic nitrogens is 3. The minimum Gasteiger partial charge on any atom is -0.481 e. The van der Waals surface area contributed by atoms with Crippen molar-refractivity contribution in [3.05, 3.63) is 27.8 Å². The van der Waals surface area contributed by atoms with Gasteiger partial charge in [-0.1, -0.05) is 5.16 Å². The molecule has 102 valence electrons. The van der Waals surface area contributed by atoms with Gasteiger partial charge in [0.05, 0.1) is 6.42 Å². The SMILES string of the molecule is Cc1csc(Cc2noc(CCCCC(=O)O)n2)n1. The number of aliphatic carboxylic acids is 1. The fourth-order valence-electron chi connectivity index (χ4n) is 1.64. The molecule has 0 amide bonds. The van der Waals surface area contributed by atoms with Gasteiger partial charge >= 0.3 is 5.97 Å². The van der Waals surface area contributed by atoms with Crippen LogP contribution in [0.3, 0.4) is 0 Å². The molecular formula is C12H15N3O3S. The highest BCUT2D eigenvalue weighted by Crippen LogP contribution is 2.13. The van der Waals surface area contributed by atoms with E-state index in [2.05, 4.69) is 15.1 Å². The van der Waals surface area contributed by atoms with Crippen LogP contribution in [0.15, 0.2) is 9.90 Å². The van der Waals surface area contributed by atoms with Gasteiger partial charge in [0, 0.05) is 23.9 Å². The van der Waals surface area contributed by atoms with Crippen LogP contribution in [-0.4, -0.2) is 26.2 Å². The van der Waals surface area contributed by atoms with Crippen LogP contribution in [0, 0.1) is 6.92 Å². The maximum absolute atomic E-state index is 10.4. The van der Waals surface area contributed by atoms with E-state index in [0.717, 1.165) is 17.1 Å². The maximum atomic E-state index is 10.4. The smallest absolute Gasteiger partial charge is 0.303 e. The van der Waals surface area contributed by atoms with Crippen molar-refractivity contribution >= 4 is 17.3 Å². The Labute approximate surface area is 114 Å². The number of hydrogen-bond donors (Lipinski definition) is 1. The number of hydrogen-bond acceptors (Lipinski definition) is 6. The lowest BCUT2D eigenvalue weighted by atomic mass is 10.2. The zero-order chi connectivity index (χ0) is 13.7. The first-order chi connectivity index (χ1) is 9.13. The fraction of sp³-hybridized carbons (Fsp3) is 0.500. The first kappa shape index (κ1) is 13.7. The summed E-state index contributed by atoms with van der Waals surface area (Å²) in [6.07, 6.45) is 2.75. The van der Waals surface area contributed by atoms with Crippen LogP contribution < -0.4 is 0 Å². The molecule has 0 aliphatic carbocycles. The Morgan fingerprint density at radius 2 is 2.26 bits per heavy atom. The number of nitrogens with zero attached hydrogens (tertiary/aromatic N) is 3. The molecule has 0 bridgehead atoms. The number of aryl methyl sites for hydroxylation is 2. The fourth-order valence-corrected chi connectivity index (χ4v) is 2.40. The molecule has 0 aliphatic rings. The molecule has 7 heteroatoms. The highest BCUT2D eigenvalue weighted by atomic mass is 32.1. The molecule has 2 aromatic rings. The van der Waals surface area contributed by atoms with Gasteiger partial charge in [0.25, 0.3) is 0 Å². The number of rotatable bonds is 7. The van der Waals surface area contributed by atoms with Crippen LogP contribution in [0.2, 0.25) is 0 Å². The monoisotopic (exact) mass is 281 g/mol. The van der Waals surface area contributed by atoms with Crippen molar-refractivity contribution in [1.29, 1.82) is 0 Å². The Morgan fingerprint density at radius 3 is 2.95 bits per heavy atom. The predicted octanol–water partition coefficient (Wildman–Crippen LogP) is 2.22. The molecule has 0 saturated heterocycles. The maximum Gasteiger partial charge on any atom is 0.303 e. The van der Waals surface area contributed by atoms with E-state index >= 15 is 0 Å². The second-order valence-corrected chi connectivity index (χ2v) is 5.21. The lowest BCUT2D eigenvalue weighted by Crippen LogP contribution is -1.95. The lowest BCUT2D eigenvalue weighted by molar-refractivity contribution is -0.137. The summed E-state index contributed by atoms with van der Waals surface area (Å²) in [5, 5.41) is 15.4. The van der Waals surface area contributed by atoms with E-state index in [4.69, 9.17) is 9.63 Å². The summed E-state index contributed by atoms with van der Waals surface area (Å²) in [7, 11) is 0. The van der Waals surface area contributed by atoms with Gasteiger partial charge in [-0.15, -0.1) is 11.3 Å². The normalized spacial score (nSPS) is 10.8. The summed E-state index contributed by atoms with van der Waals surface area (Å²) in [5.41, 5.74) is 0.998. The minimum absolute atomic E-state index is 0.180. The lowest BCUT2D eigenvalue weighted by Gasteiger charge is -1.93. The van der Waals surface area contributed by atoms with E-state index in [1.54, 1.807) is 11.3 Å². The largest absolute Gasteiger partial charge is 0.481 e. The molecule has 2 heterocycles. The second-order valence-electron chi connectivity index (χ2n) is 4.26. The Kier molecular flexibility index (Phi) is 4.62. The van der Waals surface area contributed by atoms with Gasteiger partial charge in [0.15, 0.2) is 5.82 Å². The number of unbranched alkanes of at least 4 members (excludes halogenated alkanes) is 1. The van der Waals surface area contributed by atoms with E-state index in [1.165, 1.54) is 0 Å². The summed E-state index contributed by atoms with van der Waals surface area (Å²) in [6, 6.07) is 0. The molecule has 19 heavy (non-hydrogen) atoms. The molecule has 1 N–H and O–H groups in total. The number of thiazole rings is 1. The molecule has 0 atom stereocenters. The summed E-state index contributed by atoms with van der Waals surface area (Å²) in [6.45, 7) is 1.95. The number of carboxylic acids is 1. The van der Waals surface area contributed by atoms with Gasteiger partial charge in [-0.2, -0.15) is 4.98 Å². The quantitative estimate of drug-likeness (QED) is 0.783. The molecule has 0 saturated carbocycles. The van der Waals surface area contributed by atoms with Crippen molar-refractivity contribution in [3.63, 3.8) is 0 Å². The third-order valence-corrected chi connectivity index (χ3v) is 3.48. The molecule has 0 unspecified atom stereocenters. The third-order valence-electron chi connectivity index (χ3n) is 2.52. The van der Waals surface area contributed by atoms with E-state index in [0.29, 0.717) is 31.0 Å². The predicted molar refractivity (Wildman–Crippen MR) is 69.1 cm³/mol. The summed E-state index contributed by atoms with van der Waals surface area (Å²) < 4.78 is 5.12. The molecule has 6 nitrogen and oxygen atoms in total. The zero-order valence-corrected chi connectivity index (χ0v) is 11.4.